The molecule has 0 aliphatic heterocycles. The first-order valence-corrected chi connectivity index (χ1v) is 5.67. The van der Waals surface area contributed by atoms with Crippen LogP contribution in [-0.2, 0) is 0 Å². The molecule has 0 saturated heterocycles. The molecule has 0 saturated carbocycles. The number of halogens is 2. The van der Waals surface area contributed by atoms with Gasteiger partial charge in [-0.15, -0.1) is 5.10 Å². The minimum absolute atomic E-state index is 0.146. The van der Waals surface area contributed by atoms with Gasteiger partial charge in [-0.25, -0.2) is 0 Å². The maximum atomic E-state index is 12.0. The Hall–Kier alpha value is -1.85. The Bertz CT molecular complexity index is 589. The Balaban J connectivity index is 2.30. The van der Waals surface area contributed by atoms with E-state index in [-0.39, 0.29) is 15.6 Å². The minimum Gasteiger partial charge on any atom is -0.399 e. The fourth-order valence-corrected chi connectivity index (χ4v) is 1.75. The summed E-state index contributed by atoms with van der Waals surface area (Å²) in [5.74, 6) is -0.133. The summed E-state index contributed by atoms with van der Waals surface area (Å²) in [5.41, 5.74) is 6.15. The van der Waals surface area contributed by atoms with Gasteiger partial charge in [0, 0.05) is 11.9 Å². The molecule has 0 aliphatic carbocycles. The topological polar surface area (TPSA) is 80.9 Å². The number of anilines is 2. The van der Waals surface area contributed by atoms with Crippen LogP contribution in [0, 0.1) is 0 Å². The zero-order valence-electron chi connectivity index (χ0n) is 9.02. The highest BCUT2D eigenvalue weighted by atomic mass is 35.5. The highest BCUT2D eigenvalue weighted by Gasteiger charge is 2.14. The van der Waals surface area contributed by atoms with E-state index < -0.39 is 5.91 Å². The lowest BCUT2D eigenvalue weighted by Gasteiger charge is -2.07. The number of nitrogens with two attached hydrogens (primary N) is 1. The van der Waals surface area contributed by atoms with Crippen LogP contribution < -0.4 is 11.1 Å². The van der Waals surface area contributed by atoms with Crippen LogP contribution in [0.2, 0.25) is 10.0 Å². The van der Waals surface area contributed by atoms with Crippen molar-refractivity contribution in [3.05, 3.63) is 46.1 Å². The summed E-state index contributed by atoms with van der Waals surface area (Å²) in [6.07, 6.45) is 1.50. The SMILES string of the molecule is Nc1cc(Cl)c(Cl)c(C(=O)Nc2cccnn2)c1. The summed E-state index contributed by atoms with van der Waals surface area (Å²) in [5, 5.41) is 10.3. The van der Waals surface area contributed by atoms with Crippen LogP contribution in [0.4, 0.5) is 11.5 Å². The minimum atomic E-state index is -0.449. The number of carbonyl (C=O) groups excluding carboxylic acids is 1. The molecule has 3 N–H and O–H groups in total. The van der Waals surface area contributed by atoms with Crippen LogP contribution in [0.3, 0.4) is 0 Å². The van der Waals surface area contributed by atoms with Crippen LogP contribution in [0.25, 0.3) is 0 Å². The van der Waals surface area contributed by atoms with E-state index >= 15 is 0 Å². The predicted octanol–water partition coefficient (Wildman–Crippen LogP) is 2.62. The molecule has 1 aromatic heterocycles. The number of carbonyl (C=O) groups is 1. The number of aromatic nitrogens is 2. The Morgan fingerprint density at radius 2 is 2.11 bits per heavy atom. The third-order valence-corrected chi connectivity index (χ3v) is 2.91. The van der Waals surface area contributed by atoms with Crippen molar-refractivity contribution in [3.8, 4) is 0 Å². The third kappa shape index (κ3) is 2.69. The molecule has 0 bridgehead atoms. The lowest BCUT2D eigenvalue weighted by molar-refractivity contribution is 0.102. The number of nitrogen functional groups attached to an aromatic ring is 1. The molecule has 0 atom stereocenters. The molecule has 18 heavy (non-hydrogen) atoms. The molecular formula is C11H8Cl2N4O. The Kier molecular flexibility index (Phi) is 3.64. The molecule has 1 amide bonds. The van der Waals surface area contributed by atoms with Gasteiger partial charge in [0.15, 0.2) is 5.82 Å². The Morgan fingerprint density at radius 1 is 1.33 bits per heavy atom. The first-order chi connectivity index (χ1) is 8.58. The quantitative estimate of drug-likeness (QED) is 0.830. The van der Waals surface area contributed by atoms with E-state index in [2.05, 4.69) is 15.5 Å². The number of hydrogen-bond donors (Lipinski definition) is 2. The zero-order valence-corrected chi connectivity index (χ0v) is 10.5. The molecule has 0 radical (unpaired) electrons. The van der Waals surface area contributed by atoms with Crippen molar-refractivity contribution in [1.82, 2.24) is 10.2 Å². The van der Waals surface area contributed by atoms with E-state index in [1.807, 2.05) is 0 Å². The van der Waals surface area contributed by atoms with E-state index in [0.717, 1.165) is 0 Å². The highest BCUT2D eigenvalue weighted by Crippen LogP contribution is 2.29. The number of amides is 1. The molecule has 2 aromatic rings. The summed E-state index contributed by atoms with van der Waals surface area (Å²) >= 11 is 11.8. The van der Waals surface area contributed by atoms with Gasteiger partial charge >= 0.3 is 0 Å². The number of rotatable bonds is 2. The lowest BCUT2D eigenvalue weighted by atomic mass is 10.2. The van der Waals surface area contributed by atoms with Crippen LogP contribution in [-0.4, -0.2) is 16.1 Å². The normalized spacial score (nSPS) is 10.1. The van der Waals surface area contributed by atoms with E-state index in [1.165, 1.54) is 18.3 Å². The van der Waals surface area contributed by atoms with Gasteiger partial charge in [0.05, 0.1) is 15.6 Å². The summed E-state index contributed by atoms with van der Waals surface area (Å²) in [4.78, 5) is 12.0. The molecule has 0 spiro atoms. The molecule has 7 heteroatoms. The molecule has 2 rings (SSSR count). The number of nitrogens with zero attached hydrogens (tertiary/aromatic N) is 2. The van der Waals surface area contributed by atoms with Crippen LogP contribution in [0.5, 0.6) is 0 Å². The molecule has 1 heterocycles. The second kappa shape index (κ2) is 5.20. The van der Waals surface area contributed by atoms with E-state index in [1.54, 1.807) is 12.1 Å². The van der Waals surface area contributed by atoms with Gasteiger partial charge in [-0.2, -0.15) is 5.10 Å². The standard InChI is InChI=1S/C11H8Cl2N4O/c12-8-5-6(14)4-7(10(8)13)11(18)16-9-2-1-3-15-17-9/h1-5H,14H2,(H,16,17,18). The van der Waals surface area contributed by atoms with Crippen molar-refractivity contribution in [2.24, 2.45) is 0 Å². The van der Waals surface area contributed by atoms with Gasteiger partial charge in [-0.1, -0.05) is 23.2 Å². The van der Waals surface area contributed by atoms with Crippen LogP contribution in [0.15, 0.2) is 30.5 Å². The first kappa shape index (κ1) is 12.6. The van der Waals surface area contributed by atoms with Crippen molar-refractivity contribution >= 4 is 40.6 Å². The van der Waals surface area contributed by atoms with Crippen molar-refractivity contribution in [3.63, 3.8) is 0 Å². The molecule has 0 unspecified atom stereocenters. The highest BCUT2D eigenvalue weighted by molar-refractivity contribution is 6.44. The predicted molar refractivity (Wildman–Crippen MR) is 70.9 cm³/mol. The molecular weight excluding hydrogens is 275 g/mol. The lowest BCUT2D eigenvalue weighted by Crippen LogP contribution is -2.14. The van der Waals surface area contributed by atoms with Gasteiger partial charge < -0.3 is 11.1 Å². The zero-order chi connectivity index (χ0) is 13.1. The fraction of sp³-hybridized carbons (Fsp3) is 0. The molecule has 1 aromatic carbocycles. The maximum absolute atomic E-state index is 12.0. The van der Waals surface area contributed by atoms with E-state index in [4.69, 9.17) is 28.9 Å². The maximum Gasteiger partial charge on any atom is 0.258 e. The largest absolute Gasteiger partial charge is 0.399 e. The average Bonchev–Trinajstić information content (AvgIpc) is 2.35. The van der Waals surface area contributed by atoms with Gasteiger partial charge in [-0.3, -0.25) is 4.79 Å². The molecule has 92 valence electrons. The molecule has 0 fully saturated rings. The molecule has 5 nitrogen and oxygen atoms in total. The molecule has 0 aliphatic rings. The Morgan fingerprint density at radius 3 is 2.78 bits per heavy atom. The summed E-state index contributed by atoms with van der Waals surface area (Å²) < 4.78 is 0. The van der Waals surface area contributed by atoms with Crippen molar-refractivity contribution < 1.29 is 4.79 Å². The first-order valence-electron chi connectivity index (χ1n) is 4.91. The Labute approximate surface area is 113 Å². The van der Waals surface area contributed by atoms with Gasteiger partial charge in [0.2, 0.25) is 0 Å². The van der Waals surface area contributed by atoms with Gasteiger partial charge in [-0.05, 0) is 24.3 Å². The second-order valence-corrected chi connectivity index (χ2v) is 4.21. The summed E-state index contributed by atoms with van der Waals surface area (Å²) in [6.45, 7) is 0. The van der Waals surface area contributed by atoms with E-state index in [0.29, 0.717) is 11.5 Å². The van der Waals surface area contributed by atoms with Crippen molar-refractivity contribution in [1.29, 1.82) is 0 Å². The number of nitrogens with one attached hydrogen (secondary N) is 1. The van der Waals surface area contributed by atoms with Crippen LogP contribution >= 0.6 is 23.2 Å². The summed E-state index contributed by atoms with van der Waals surface area (Å²) in [7, 11) is 0. The number of benzene rings is 1. The van der Waals surface area contributed by atoms with Gasteiger partial charge in [0.25, 0.3) is 5.91 Å². The second-order valence-electron chi connectivity index (χ2n) is 3.43. The van der Waals surface area contributed by atoms with Crippen molar-refractivity contribution in [2.75, 3.05) is 11.1 Å². The van der Waals surface area contributed by atoms with Gasteiger partial charge in [0.1, 0.15) is 0 Å². The number of hydrogen-bond acceptors (Lipinski definition) is 4. The van der Waals surface area contributed by atoms with Crippen molar-refractivity contribution in [2.45, 2.75) is 0 Å². The fourth-order valence-electron chi connectivity index (χ4n) is 1.33. The monoisotopic (exact) mass is 282 g/mol. The average molecular weight is 283 g/mol. The van der Waals surface area contributed by atoms with E-state index in [9.17, 15) is 4.79 Å². The van der Waals surface area contributed by atoms with Crippen LogP contribution in [0.1, 0.15) is 10.4 Å². The summed E-state index contributed by atoms with van der Waals surface area (Å²) in [6, 6.07) is 6.17. The smallest absolute Gasteiger partial charge is 0.258 e. The third-order valence-electron chi connectivity index (χ3n) is 2.11.